The smallest absolute Gasteiger partial charge is 0.340 e. The average Bonchev–Trinajstić information content (AvgIpc) is 3.63. The number of hydrogen-bond donors (Lipinski definition) is 2. The number of nitrogens with zero attached hydrogens (tertiary/aromatic N) is 5. The number of fused-ring (bicyclic) bond motifs is 2. The van der Waals surface area contributed by atoms with E-state index in [1.54, 1.807) is 0 Å². The quantitative estimate of drug-likeness (QED) is 0.441. The van der Waals surface area contributed by atoms with Crippen LogP contribution < -0.4 is 10.6 Å². The van der Waals surface area contributed by atoms with Gasteiger partial charge in [0, 0.05) is 39.3 Å². The predicted octanol–water partition coefficient (Wildman–Crippen LogP) is 1.91. The number of rotatable bonds is 7. The van der Waals surface area contributed by atoms with Gasteiger partial charge in [0.1, 0.15) is 0 Å². The summed E-state index contributed by atoms with van der Waals surface area (Å²) in [7, 11) is 3.39. The number of thiazole rings is 2. The van der Waals surface area contributed by atoms with E-state index in [1.165, 1.54) is 29.8 Å². The third-order valence-electron chi connectivity index (χ3n) is 6.52. The van der Waals surface area contributed by atoms with Gasteiger partial charge in [0.15, 0.2) is 10.3 Å². The molecule has 5 rings (SSSR count). The molecule has 0 saturated carbocycles. The number of carbonyl (C=O) groups is 3. The first-order valence-corrected chi connectivity index (χ1v) is 13.6. The SMILES string of the molecule is COC(=O)c1c2sc(NCC(=O)N3CCCC3)nc2cc2nc(NCC(=O)N3CCN(C)CC3)sc12. The number of hydrogen-bond acceptors (Lipinski definition) is 11. The van der Waals surface area contributed by atoms with Gasteiger partial charge in [-0.2, -0.15) is 0 Å². The Labute approximate surface area is 216 Å². The lowest BCUT2D eigenvalue weighted by Gasteiger charge is -2.32. The third kappa shape index (κ3) is 5.08. The zero-order chi connectivity index (χ0) is 25.2. The summed E-state index contributed by atoms with van der Waals surface area (Å²) in [5.41, 5.74) is 1.61. The molecule has 2 aliphatic heterocycles. The molecule has 0 atom stereocenters. The minimum absolute atomic E-state index is 0.0254. The molecular weight excluding hydrogens is 502 g/mol. The maximum absolute atomic E-state index is 12.8. The highest BCUT2D eigenvalue weighted by atomic mass is 32.1. The molecule has 11 nitrogen and oxygen atoms in total. The fraction of sp³-hybridized carbons (Fsp3) is 0.522. The molecule has 0 aliphatic carbocycles. The first kappa shape index (κ1) is 24.7. The van der Waals surface area contributed by atoms with Gasteiger partial charge in [-0.1, -0.05) is 22.7 Å². The van der Waals surface area contributed by atoms with E-state index in [2.05, 4.69) is 25.5 Å². The number of nitrogens with one attached hydrogen (secondary N) is 2. The Hall–Kier alpha value is -3.03. The number of likely N-dealkylation sites (tertiary alicyclic amines) is 1. The second kappa shape index (κ2) is 10.5. The molecule has 2 amide bonds. The predicted molar refractivity (Wildman–Crippen MR) is 141 cm³/mol. The minimum atomic E-state index is -0.474. The van der Waals surface area contributed by atoms with E-state index < -0.39 is 5.97 Å². The van der Waals surface area contributed by atoms with E-state index >= 15 is 0 Å². The molecule has 3 aromatic rings. The van der Waals surface area contributed by atoms with Gasteiger partial charge in [-0.15, -0.1) is 0 Å². The zero-order valence-electron chi connectivity index (χ0n) is 20.3. The van der Waals surface area contributed by atoms with Crippen molar-refractivity contribution in [2.45, 2.75) is 12.8 Å². The lowest BCUT2D eigenvalue weighted by molar-refractivity contribution is -0.131. The Bertz CT molecular complexity index is 1290. The Balaban J connectivity index is 1.34. The van der Waals surface area contributed by atoms with Crippen LogP contribution in [0.1, 0.15) is 23.2 Å². The summed E-state index contributed by atoms with van der Waals surface area (Å²) in [6, 6.07) is 1.82. The monoisotopic (exact) mass is 531 g/mol. The Morgan fingerprint density at radius 1 is 0.861 bits per heavy atom. The number of piperazine rings is 1. The van der Waals surface area contributed by atoms with Crippen LogP contribution in [0.5, 0.6) is 0 Å². The molecule has 13 heteroatoms. The number of aromatic nitrogens is 2. The number of likely N-dealkylation sites (N-methyl/N-ethyl adjacent to an activating group) is 1. The topological polar surface area (TPSA) is 120 Å². The van der Waals surface area contributed by atoms with Crippen molar-refractivity contribution in [2.24, 2.45) is 0 Å². The van der Waals surface area contributed by atoms with Gasteiger partial charge in [0.25, 0.3) is 0 Å². The Morgan fingerprint density at radius 2 is 1.36 bits per heavy atom. The van der Waals surface area contributed by atoms with Gasteiger partial charge < -0.3 is 30.1 Å². The number of methoxy groups -OCH3 is 1. The van der Waals surface area contributed by atoms with Crippen LogP contribution in [0.3, 0.4) is 0 Å². The van der Waals surface area contributed by atoms with Crippen molar-refractivity contribution < 1.29 is 19.1 Å². The van der Waals surface area contributed by atoms with Gasteiger partial charge >= 0.3 is 5.97 Å². The molecule has 2 N–H and O–H groups in total. The van der Waals surface area contributed by atoms with Crippen LogP contribution in [0.25, 0.3) is 20.4 Å². The lowest BCUT2D eigenvalue weighted by Crippen LogP contribution is -2.48. The summed E-state index contributed by atoms with van der Waals surface area (Å²) in [6.45, 7) is 5.05. The normalized spacial score (nSPS) is 16.6. The van der Waals surface area contributed by atoms with Crippen LogP contribution in [0.4, 0.5) is 10.3 Å². The Kier molecular flexibility index (Phi) is 7.21. The van der Waals surface area contributed by atoms with Crippen LogP contribution in [-0.4, -0.2) is 109 Å². The fourth-order valence-corrected chi connectivity index (χ4v) is 6.46. The van der Waals surface area contributed by atoms with Crippen molar-refractivity contribution in [3.63, 3.8) is 0 Å². The van der Waals surface area contributed by atoms with Crippen molar-refractivity contribution in [1.82, 2.24) is 24.7 Å². The van der Waals surface area contributed by atoms with Crippen molar-refractivity contribution in [3.8, 4) is 0 Å². The number of benzene rings is 1. The molecule has 1 aromatic carbocycles. The number of anilines is 2. The van der Waals surface area contributed by atoms with Crippen LogP contribution in [0.15, 0.2) is 6.07 Å². The van der Waals surface area contributed by atoms with Gasteiger partial charge in [-0.05, 0) is 26.0 Å². The molecule has 2 aliphatic rings. The van der Waals surface area contributed by atoms with E-state index in [9.17, 15) is 14.4 Å². The summed E-state index contributed by atoms with van der Waals surface area (Å²) in [5, 5.41) is 7.36. The van der Waals surface area contributed by atoms with Crippen molar-refractivity contribution in [2.75, 3.05) is 77.1 Å². The number of amides is 2. The van der Waals surface area contributed by atoms with E-state index in [1.807, 2.05) is 22.9 Å². The lowest BCUT2D eigenvalue weighted by atomic mass is 10.2. The molecule has 0 radical (unpaired) electrons. The van der Waals surface area contributed by atoms with Crippen LogP contribution in [0.2, 0.25) is 0 Å². The highest BCUT2D eigenvalue weighted by Crippen LogP contribution is 2.38. The largest absolute Gasteiger partial charge is 0.465 e. The first-order valence-electron chi connectivity index (χ1n) is 12.0. The van der Waals surface area contributed by atoms with E-state index in [0.717, 1.165) is 39.0 Å². The van der Waals surface area contributed by atoms with Crippen molar-refractivity contribution >= 4 is 71.2 Å². The maximum Gasteiger partial charge on any atom is 0.340 e. The maximum atomic E-state index is 12.8. The third-order valence-corrected chi connectivity index (χ3v) is 8.61. The number of carbonyl (C=O) groups excluding carboxylic acids is 3. The first-order chi connectivity index (χ1) is 17.4. The summed E-state index contributed by atoms with van der Waals surface area (Å²) in [4.78, 5) is 52.9. The Morgan fingerprint density at radius 3 is 1.86 bits per heavy atom. The van der Waals surface area contributed by atoms with E-state index in [0.29, 0.717) is 49.3 Å². The molecule has 4 heterocycles. The van der Waals surface area contributed by atoms with Gasteiger partial charge in [-0.3, -0.25) is 9.59 Å². The standard InChI is InChI=1S/C23H29N7O4S2/c1-28-7-9-30(10-8-28)17(32)13-25-23-27-15-11-14-19(18(20(15)36-23)21(33)34-2)35-22(26-14)24-12-16(31)29-5-3-4-6-29/h11H,3-10,12-13H2,1-2H3,(H,24,26)(H,25,27). The number of esters is 1. The van der Waals surface area contributed by atoms with Crippen molar-refractivity contribution in [3.05, 3.63) is 11.6 Å². The van der Waals surface area contributed by atoms with Gasteiger partial charge in [0.05, 0.1) is 46.2 Å². The fourth-order valence-electron chi connectivity index (χ4n) is 4.44. The second-order valence-corrected chi connectivity index (χ2v) is 11.0. The minimum Gasteiger partial charge on any atom is -0.465 e. The highest BCUT2D eigenvalue weighted by molar-refractivity contribution is 7.25. The second-order valence-electron chi connectivity index (χ2n) is 8.96. The summed E-state index contributed by atoms with van der Waals surface area (Å²) in [6.07, 6.45) is 2.08. The molecule has 36 heavy (non-hydrogen) atoms. The van der Waals surface area contributed by atoms with Crippen molar-refractivity contribution in [1.29, 1.82) is 0 Å². The highest BCUT2D eigenvalue weighted by Gasteiger charge is 2.24. The molecule has 0 unspecified atom stereocenters. The van der Waals surface area contributed by atoms with E-state index in [-0.39, 0.29) is 24.9 Å². The van der Waals surface area contributed by atoms with Gasteiger partial charge in [-0.25, -0.2) is 14.8 Å². The average molecular weight is 532 g/mol. The molecule has 192 valence electrons. The molecule has 2 aromatic heterocycles. The summed E-state index contributed by atoms with van der Waals surface area (Å²) >= 11 is 2.62. The van der Waals surface area contributed by atoms with Crippen LogP contribution in [-0.2, 0) is 14.3 Å². The number of ether oxygens (including phenoxy) is 1. The molecular formula is C23H29N7O4S2. The van der Waals surface area contributed by atoms with Crippen LogP contribution in [0, 0.1) is 0 Å². The van der Waals surface area contributed by atoms with E-state index in [4.69, 9.17) is 4.74 Å². The zero-order valence-corrected chi connectivity index (χ0v) is 22.0. The summed E-state index contributed by atoms with van der Waals surface area (Å²) < 4.78 is 6.42. The van der Waals surface area contributed by atoms with Gasteiger partial charge in [0.2, 0.25) is 11.8 Å². The molecule has 0 bridgehead atoms. The molecule has 0 spiro atoms. The summed E-state index contributed by atoms with van der Waals surface area (Å²) in [5.74, 6) is -0.403. The molecule has 2 saturated heterocycles. The van der Waals surface area contributed by atoms with Crippen LogP contribution >= 0.6 is 22.7 Å². The molecule has 2 fully saturated rings.